The molecule has 24 heavy (non-hydrogen) atoms. The first-order valence-corrected chi connectivity index (χ1v) is 7.31. The number of carbonyl (C=O) groups is 2. The lowest BCUT2D eigenvalue weighted by molar-refractivity contribution is 0.0995. The van der Waals surface area contributed by atoms with E-state index in [4.69, 9.17) is 4.42 Å². The van der Waals surface area contributed by atoms with E-state index in [1.165, 1.54) is 19.1 Å². The SMILES string of the molecule is CC(=O)c1ccc(NC(=O)c2ccc(-c3ccccc3F)o2)cc1. The van der Waals surface area contributed by atoms with Gasteiger partial charge in [-0.2, -0.15) is 0 Å². The van der Waals surface area contributed by atoms with Crippen LogP contribution in [0.4, 0.5) is 10.1 Å². The van der Waals surface area contributed by atoms with Gasteiger partial charge in [-0.1, -0.05) is 12.1 Å². The van der Waals surface area contributed by atoms with Crippen LogP contribution in [0.15, 0.2) is 65.1 Å². The maximum Gasteiger partial charge on any atom is 0.291 e. The summed E-state index contributed by atoms with van der Waals surface area (Å²) in [7, 11) is 0. The molecule has 1 aromatic heterocycles. The Hall–Kier alpha value is -3.21. The van der Waals surface area contributed by atoms with E-state index in [9.17, 15) is 14.0 Å². The van der Waals surface area contributed by atoms with E-state index >= 15 is 0 Å². The summed E-state index contributed by atoms with van der Waals surface area (Å²) < 4.78 is 19.2. The summed E-state index contributed by atoms with van der Waals surface area (Å²) in [6.45, 7) is 1.47. The Bertz CT molecular complexity index is 897. The van der Waals surface area contributed by atoms with Crippen LogP contribution in [0.25, 0.3) is 11.3 Å². The van der Waals surface area contributed by atoms with E-state index in [0.717, 1.165) is 0 Å². The van der Waals surface area contributed by atoms with E-state index in [1.54, 1.807) is 48.5 Å². The Morgan fingerprint density at radius 3 is 2.33 bits per heavy atom. The van der Waals surface area contributed by atoms with E-state index in [-0.39, 0.29) is 17.3 Å². The third-order valence-corrected chi connectivity index (χ3v) is 3.52. The van der Waals surface area contributed by atoms with Crippen LogP contribution in [0.1, 0.15) is 27.8 Å². The molecule has 0 spiro atoms. The maximum atomic E-state index is 13.7. The van der Waals surface area contributed by atoms with Gasteiger partial charge < -0.3 is 9.73 Å². The van der Waals surface area contributed by atoms with Gasteiger partial charge in [0.1, 0.15) is 11.6 Å². The molecule has 0 aliphatic carbocycles. The van der Waals surface area contributed by atoms with Gasteiger partial charge in [-0.05, 0) is 55.5 Å². The van der Waals surface area contributed by atoms with Crippen molar-refractivity contribution >= 4 is 17.4 Å². The van der Waals surface area contributed by atoms with Crippen LogP contribution >= 0.6 is 0 Å². The number of ketones is 1. The molecular weight excluding hydrogens is 309 g/mol. The molecule has 0 atom stereocenters. The zero-order valence-electron chi connectivity index (χ0n) is 12.9. The lowest BCUT2D eigenvalue weighted by Gasteiger charge is -2.04. The van der Waals surface area contributed by atoms with Gasteiger partial charge in [0, 0.05) is 11.3 Å². The highest BCUT2D eigenvalue weighted by atomic mass is 19.1. The Morgan fingerprint density at radius 2 is 1.67 bits per heavy atom. The highest BCUT2D eigenvalue weighted by Gasteiger charge is 2.14. The van der Waals surface area contributed by atoms with Crippen LogP contribution in [-0.4, -0.2) is 11.7 Å². The van der Waals surface area contributed by atoms with Crippen molar-refractivity contribution in [2.45, 2.75) is 6.92 Å². The van der Waals surface area contributed by atoms with Crippen molar-refractivity contribution < 1.29 is 18.4 Å². The monoisotopic (exact) mass is 323 g/mol. The third-order valence-electron chi connectivity index (χ3n) is 3.52. The van der Waals surface area contributed by atoms with Crippen molar-refractivity contribution in [2.75, 3.05) is 5.32 Å². The Kier molecular flexibility index (Phi) is 4.24. The van der Waals surface area contributed by atoms with Crippen LogP contribution in [0, 0.1) is 5.82 Å². The predicted octanol–water partition coefficient (Wildman–Crippen LogP) is 4.54. The quantitative estimate of drug-likeness (QED) is 0.717. The molecule has 1 amide bonds. The van der Waals surface area contributed by atoms with E-state index in [1.807, 2.05) is 0 Å². The predicted molar refractivity (Wildman–Crippen MR) is 88.5 cm³/mol. The summed E-state index contributed by atoms with van der Waals surface area (Å²) >= 11 is 0. The first-order chi connectivity index (χ1) is 11.5. The minimum atomic E-state index is -0.451. The normalized spacial score (nSPS) is 10.4. The first-order valence-electron chi connectivity index (χ1n) is 7.31. The molecule has 3 aromatic rings. The fourth-order valence-corrected chi connectivity index (χ4v) is 2.25. The van der Waals surface area contributed by atoms with E-state index in [0.29, 0.717) is 16.8 Å². The number of rotatable bonds is 4. The number of benzene rings is 2. The van der Waals surface area contributed by atoms with E-state index < -0.39 is 11.7 Å². The van der Waals surface area contributed by atoms with Crippen molar-refractivity contribution in [1.82, 2.24) is 0 Å². The Labute approximate surface area is 137 Å². The third kappa shape index (κ3) is 3.25. The molecule has 0 saturated heterocycles. The summed E-state index contributed by atoms with van der Waals surface area (Å²) in [6.07, 6.45) is 0. The first kappa shape index (κ1) is 15.7. The van der Waals surface area contributed by atoms with Gasteiger partial charge in [-0.15, -0.1) is 0 Å². The summed E-state index contributed by atoms with van der Waals surface area (Å²) in [4.78, 5) is 23.4. The topological polar surface area (TPSA) is 59.3 Å². The number of furan rings is 1. The van der Waals surface area contributed by atoms with Gasteiger partial charge >= 0.3 is 0 Å². The van der Waals surface area contributed by atoms with Crippen molar-refractivity contribution in [2.24, 2.45) is 0 Å². The standard InChI is InChI=1S/C19H14FNO3/c1-12(22)13-6-8-14(9-7-13)21-19(23)18-11-10-17(24-18)15-4-2-3-5-16(15)20/h2-11H,1H3,(H,21,23). The summed E-state index contributed by atoms with van der Waals surface area (Å²) in [5.74, 6) is -0.561. The molecule has 0 saturated carbocycles. The molecule has 0 aliphatic rings. The molecule has 2 aromatic carbocycles. The van der Waals surface area contributed by atoms with Gasteiger partial charge in [0.25, 0.3) is 5.91 Å². The number of halogens is 1. The van der Waals surface area contributed by atoms with Crippen LogP contribution in [0.5, 0.6) is 0 Å². The smallest absolute Gasteiger partial charge is 0.291 e. The second-order valence-corrected chi connectivity index (χ2v) is 5.23. The minimum absolute atomic E-state index is 0.0477. The molecule has 1 heterocycles. The van der Waals surface area contributed by atoms with Gasteiger partial charge in [0.2, 0.25) is 0 Å². The van der Waals surface area contributed by atoms with Crippen molar-refractivity contribution in [3.63, 3.8) is 0 Å². The molecule has 0 radical (unpaired) electrons. The van der Waals surface area contributed by atoms with Crippen molar-refractivity contribution in [1.29, 1.82) is 0 Å². The Balaban J connectivity index is 1.76. The molecule has 0 unspecified atom stereocenters. The molecular formula is C19H14FNO3. The highest BCUT2D eigenvalue weighted by molar-refractivity contribution is 6.03. The minimum Gasteiger partial charge on any atom is -0.451 e. The molecule has 5 heteroatoms. The van der Waals surface area contributed by atoms with Crippen LogP contribution in [-0.2, 0) is 0 Å². The van der Waals surface area contributed by atoms with Crippen LogP contribution < -0.4 is 5.32 Å². The molecule has 0 aliphatic heterocycles. The lowest BCUT2D eigenvalue weighted by atomic mass is 10.1. The van der Waals surface area contributed by atoms with Gasteiger partial charge in [-0.3, -0.25) is 9.59 Å². The fraction of sp³-hybridized carbons (Fsp3) is 0.0526. The maximum absolute atomic E-state index is 13.7. The van der Waals surface area contributed by atoms with E-state index in [2.05, 4.69) is 5.32 Å². The molecule has 3 rings (SSSR count). The molecule has 0 fully saturated rings. The second-order valence-electron chi connectivity index (χ2n) is 5.23. The number of hydrogen-bond acceptors (Lipinski definition) is 3. The number of hydrogen-bond donors (Lipinski definition) is 1. The van der Waals surface area contributed by atoms with Gasteiger partial charge in [0.15, 0.2) is 11.5 Å². The number of Topliss-reactive ketones (excluding diaryl/α,β-unsaturated/α-hetero) is 1. The average molecular weight is 323 g/mol. The Morgan fingerprint density at radius 1 is 0.958 bits per heavy atom. The van der Waals surface area contributed by atoms with Crippen molar-refractivity contribution in [3.8, 4) is 11.3 Å². The van der Waals surface area contributed by atoms with Gasteiger partial charge in [-0.25, -0.2) is 4.39 Å². The average Bonchev–Trinajstić information content (AvgIpc) is 3.05. The molecule has 0 bridgehead atoms. The molecule has 120 valence electrons. The number of anilines is 1. The zero-order chi connectivity index (χ0) is 17.1. The van der Waals surface area contributed by atoms with Crippen LogP contribution in [0.2, 0.25) is 0 Å². The summed E-state index contributed by atoms with van der Waals surface area (Å²) in [5.41, 5.74) is 1.39. The zero-order valence-corrected chi connectivity index (χ0v) is 12.9. The number of carbonyl (C=O) groups excluding carboxylic acids is 2. The lowest BCUT2D eigenvalue weighted by Crippen LogP contribution is -2.10. The van der Waals surface area contributed by atoms with Crippen LogP contribution in [0.3, 0.4) is 0 Å². The summed E-state index contributed by atoms with van der Waals surface area (Å²) in [5, 5.41) is 2.67. The van der Waals surface area contributed by atoms with Gasteiger partial charge in [0.05, 0.1) is 5.56 Å². The highest BCUT2D eigenvalue weighted by Crippen LogP contribution is 2.25. The van der Waals surface area contributed by atoms with Crippen molar-refractivity contribution in [3.05, 3.63) is 77.8 Å². The number of nitrogens with one attached hydrogen (secondary N) is 1. The summed E-state index contributed by atoms with van der Waals surface area (Å²) in [6, 6.07) is 15.7. The molecule has 4 nitrogen and oxygen atoms in total. The number of amides is 1. The largest absolute Gasteiger partial charge is 0.451 e. The second kappa shape index (κ2) is 6.50. The molecule has 1 N–H and O–H groups in total. The fourth-order valence-electron chi connectivity index (χ4n) is 2.25.